The third-order valence-corrected chi connectivity index (χ3v) is 6.26. The lowest BCUT2D eigenvalue weighted by atomic mass is 10.0. The summed E-state index contributed by atoms with van der Waals surface area (Å²) in [7, 11) is 1.63. The standard InChI is InChI=1S/C24H25N2O3.BrH/c1-16-25(15-23(27)17-3-6-20(28-2)7-4-17)10-11-26(16)22-8-5-18-13-19-9-12-29-24(19)14-21(18)22;/h3-4,6-7,10-11,13-14,22H,5,8-9,12,15H2,1-2H3;1H/q+1;/p-1. The lowest BCUT2D eigenvalue weighted by Gasteiger charge is -2.11. The first-order valence-electron chi connectivity index (χ1n) is 10.2. The third kappa shape index (κ3) is 3.54. The van der Waals surface area contributed by atoms with Crippen molar-refractivity contribution < 1.29 is 35.8 Å². The van der Waals surface area contributed by atoms with Gasteiger partial charge in [-0.15, -0.1) is 0 Å². The molecule has 0 fully saturated rings. The summed E-state index contributed by atoms with van der Waals surface area (Å²) in [5.41, 5.74) is 4.84. The summed E-state index contributed by atoms with van der Waals surface area (Å²) in [5, 5.41) is 0. The Morgan fingerprint density at radius 3 is 2.77 bits per heavy atom. The number of aryl methyl sites for hydroxylation is 1. The van der Waals surface area contributed by atoms with E-state index in [1.54, 1.807) is 7.11 Å². The summed E-state index contributed by atoms with van der Waals surface area (Å²) in [6, 6.07) is 12.2. The molecule has 0 spiro atoms. The van der Waals surface area contributed by atoms with E-state index in [2.05, 4.69) is 29.8 Å². The number of methoxy groups -OCH3 is 1. The van der Waals surface area contributed by atoms with E-state index < -0.39 is 0 Å². The van der Waals surface area contributed by atoms with E-state index in [0.717, 1.165) is 43.2 Å². The van der Waals surface area contributed by atoms with Crippen molar-refractivity contribution in [2.75, 3.05) is 13.7 Å². The summed E-state index contributed by atoms with van der Waals surface area (Å²) in [5.74, 6) is 2.98. The van der Waals surface area contributed by atoms with E-state index in [0.29, 0.717) is 18.2 Å². The van der Waals surface area contributed by atoms with Gasteiger partial charge in [0.2, 0.25) is 5.78 Å². The zero-order valence-electron chi connectivity index (χ0n) is 17.2. The van der Waals surface area contributed by atoms with Crippen molar-refractivity contribution in [1.82, 2.24) is 4.57 Å². The first-order valence-corrected chi connectivity index (χ1v) is 10.2. The second-order valence-corrected chi connectivity index (χ2v) is 7.84. The molecule has 0 bridgehead atoms. The van der Waals surface area contributed by atoms with Crippen LogP contribution in [0.25, 0.3) is 0 Å². The second-order valence-electron chi connectivity index (χ2n) is 7.84. The topological polar surface area (TPSA) is 44.3 Å². The molecular formula is C24H25BrN2O3. The Kier molecular flexibility index (Phi) is 5.69. The van der Waals surface area contributed by atoms with E-state index in [1.807, 2.05) is 35.0 Å². The monoisotopic (exact) mass is 468 g/mol. The van der Waals surface area contributed by atoms with Gasteiger partial charge in [-0.3, -0.25) is 4.79 Å². The van der Waals surface area contributed by atoms with Gasteiger partial charge in [0.15, 0.2) is 6.54 Å². The SMILES string of the molecule is COc1ccc(C(=O)C[n+]2ccn(C3CCc4cc5c(cc43)OCC5)c2C)cc1.[Br-]. The number of rotatable bonds is 5. The van der Waals surface area contributed by atoms with E-state index in [-0.39, 0.29) is 22.8 Å². The number of carbonyl (C=O) groups excluding carboxylic acids is 1. The largest absolute Gasteiger partial charge is 1.00 e. The molecule has 1 aromatic heterocycles. The number of ketones is 1. The predicted molar refractivity (Wildman–Crippen MR) is 109 cm³/mol. The van der Waals surface area contributed by atoms with Crippen LogP contribution in [0.15, 0.2) is 48.8 Å². The molecule has 2 heterocycles. The molecule has 1 unspecified atom stereocenters. The van der Waals surface area contributed by atoms with Gasteiger partial charge >= 0.3 is 0 Å². The Bertz CT molecular complexity index is 1090. The number of aromatic nitrogens is 2. The van der Waals surface area contributed by atoms with Crippen LogP contribution in [0, 0.1) is 6.92 Å². The summed E-state index contributed by atoms with van der Waals surface area (Å²) in [6.45, 7) is 3.21. The lowest BCUT2D eigenvalue weighted by molar-refractivity contribution is -0.688. The van der Waals surface area contributed by atoms with Crippen LogP contribution in [0.2, 0.25) is 0 Å². The molecule has 156 valence electrons. The zero-order valence-corrected chi connectivity index (χ0v) is 18.8. The van der Waals surface area contributed by atoms with Crippen molar-refractivity contribution in [2.45, 2.75) is 38.8 Å². The third-order valence-electron chi connectivity index (χ3n) is 6.26. The fraction of sp³-hybridized carbons (Fsp3) is 0.333. The van der Waals surface area contributed by atoms with E-state index in [9.17, 15) is 4.79 Å². The Morgan fingerprint density at radius 1 is 1.20 bits per heavy atom. The molecule has 1 aliphatic carbocycles. The molecular weight excluding hydrogens is 444 g/mol. The van der Waals surface area contributed by atoms with Gasteiger partial charge in [-0.05, 0) is 54.3 Å². The molecule has 5 nitrogen and oxygen atoms in total. The van der Waals surface area contributed by atoms with Crippen molar-refractivity contribution in [2.24, 2.45) is 0 Å². The molecule has 2 aromatic carbocycles. The van der Waals surface area contributed by atoms with Crippen molar-refractivity contribution in [3.05, 3.63) is 76.9 Å². The summed E-state index contributed by atoms with van der Waals surface area (Å²) < 4.78 is 15.3. The Hall–Kier alpha value is -2.60. The number of ether oxygens (including phenoxy) is 2. The maximum Gasteiger partial charge on any atom is 0.254 e. The normalized spacial score (nSPS) is 16.4. The van der Waals surface area contributed by atoms with Crippen LogP contribution in [0.3, 0.4) is 0 Å². The van der Waals surface area contributed by atoms with E-state index in [1.165, 1.54) is 16.7 Å². The highest BCUT2D eigenvalue weighted by molar-refractivity contribution is 5.95. The summed E-state index contributed by atoms with van der Waals surface area (Å²) >= 11 is 0. The van der Waals surface area contributed by atoms with Gasteiger partial charge < -0.3 is 26.5 Å². The minimum Gasteiger partial charge on any atom is -1.00 e. The van der Waals surface area contributed by atoms with Gasteiger partial charge in [-0.1, -0.05) is 6.07 Å². The molecule has 1 atom stereocenters. The predicted octanol–water partition coefficient (Wildman–Crippen LogP) is 0.450. The maximum atomic E-state index is 12.7. The average Bonchev–Trinajstić information content (AvgIpc) is 3.45. The van der Waals surface area contributed by atoms with Gasteiger partial charge in [0, 0.05) is 24.5 Å². The van der Waals surface area contributed by atoms with Gasteiger partial charge in [0.25, 0.3) is 5.82 Å². The van der Waals surface area contributed by atoms with Gasteiger partial charge in [-0.2, -0.15) is 0 Å². The number of hydrogen-bond acceptors (Lipinski definition) is 3. The van der Waals surface area contributed by atoms with Gasteiger partial charge in [0.1, 0.15) is 29.9 Å². The number of nitrogens with zero attached hydrogens (tertiary/aromatic N) is 2. The molecule has 0 saturated carbocycles. The first kappa shape index (κ1) is 20.7. The number of carbonyl (C=O) groups is 1. The number of halogens is 1. The molecule has 0 radical (unpaired) electrons. The molecule has 0 amide bonds. The number of fused-ring (bicyclic) bond motifs is 2. The van der Waals surface area contributed by atoms with Crippen molar-refractivity contribution in [3.8, 4) is 11.5 Å². The quantitative estimate of drug-likeness (QED) is 0.403. The van der Waals surface area contributed by atoms with Crippen LogP contribution in [0.1, 0.15) is 45.3 Å². The van der Waals surface area contributed by atoms with Crippen LogP contribution < -0.4 is 31.0 Å². The summed E-state index contributed by atoms with van der Waals surface area (Å²) in [4.78, 5) is 12.7. The zero-order chi connectivity index (χ0) is 20.0. The number of hydrogen-bond donors (Lipinski definition) is 0. The molecule has 1 aliphatic heterocycles. The Labute approximate surface area is 187 Å². The number of imidazole rings is 1. The summed E-state index contributed by atoms with van der Waals surface area (Å²) in [6.07, 6.45) is 7.31. The van der Waals surface area contributed by atoms with Crippen molar-refractivity contribution in [1.29, 1.82) is 0 Å². The highest BCUT2D eigenvalue weighted by Gasteiger charge is 2.32. The minimum absolute atomic E-state index is 0. The molecule has 3 aromatic rings. The molecule has 30 heavy (non-hydrogen) atoms. The van der Waals surface area contributed by atoms with Crippen molar-refractivity contribution >= 4 is 5.78 Å². The van der Waals surface area contributed by atoms with E-state index in [4.69, 9.17) is 9.47 Å². The Balaban J connectivity index is 0.00000218. The number of Topliss-reactive ketones (excluding diaryl/α,β-unsaturated/α-hetero) is 1. The maximum absolute atomic E-state index is 12.7. The molecule has 0 saturated heterocycles. The van der Waals surface area contributed by atoms with Gasteiger partial charge in [0.05, 0.1) is 13.7 Å². The first-order chi connectivity index (χ1) is 14.1. The number of benzene rings is 2. The molecule has 0 N–H and O–H groups in total. The van der Waals surface area contributed by atoms with Crippen LogP contribution in [0.4, 0.5) is 0 Å². The van der Waals surface area contributed by atoms with Crippen LogP contribution in [0.5, 0.6) is 11.5 Å². The Morgan fingerprint density at radius 2 is 2.00 bits per heavy atom. The van der Waals surface area contributed by atoms with Gasteiger partial charge in [-0.25, -0.2) is 9.13 Å². The fourth-order valence-corrected chi connectivity index (χ4v) is 4.59. The lowest BCUT2D eigenvalue weighted by Crippen LogP contribution is -3.00. The van der Waals surface area contributed by atoms with Crippen molar-refractivity contribution in [3.63, 3.8) is 0 Å². The average molecular weight is 469 g/mol. The van der Waals surface area contributed by atoms with Crippen LogP contribution in [-0.4, -0.2) is 24.1 Å². The molecule has 5 rings (SSSR count). The fourth-order valence-electron chi connectivity index (χ4n) is 4.59. The molecule has 2 aliphatic rings. The van der Waals surface area contributed by atoms with Crippen LogP contribution >= 0.6 is 0 Å². The second kappa shape index (κ2) is 8.26. The smallest absolute Gasteiger partial charge is 0.254 e. The van der Waals surface area contributed by atoms with Crippen LogP contribution in [-0.2, 0) is 19.4 Å². The highest BCUT2D eigenvalue weighted by atomic mass is 79.9. The molecule has 6 heteroatoms. The van der Waals surface area contributed by atoms with E-state index >= 15 is 0 Å². The minimum atomic E-state index is 0. The highest BCUT2D eigenvalue weighted by Crippen LogP contribution is 2.40.